The monoisotopic (exact) mass is 254 g/mol. The lowest BCUT2D eigenvalue weighted by Crippen LogP contribution is -2.20. The number of aromatic nitrogens is 1. The quantitative estimate of drug-likeness (QED) is 0.903. The van der Waals surface area contributed by atoms with E-state index in [0.717, 1.165) is 12.1 Å². The maximum absolute atomic E-state index is 4.50. The molecule has 1 aromatic heterocycles. The summed E-state index contributed by atoms with van der Waals surface area (Å²) in [6.45, 7) is 6.37. The molecule has 2 heteroatoms. The molecule has 0 amide bonds. The number of hydrogen-bond donors (Lipinski definition) is 1. The molecule has 100 valence electrons. The summed E-state index contributed by atoms with van der Waals surface area (Å²) in [5.41, 5.74) is 6.34. The Balaban J connectivity index is 2.22. The van der Waals surface area contributed by atoms with E-state index in [1.54, 1.807) is 0 Å². The minimum atomic E-state index is 0.316. The molecule has 1 N–H and O–H groups in total. The van der Waals surface area contributed by atoms with Crippen molar-refractivity contribution in [1.82, 2.24) is 10.3 Å². The molecule has 2 nitrogen and oxygen atoms in total. The van der Waals surface area contributed by atoms with Gasteiger partial charge in [-0.15, -0.1) is 0 Å². The molecular formula is C17H22N2. The van der Waals surface area contributed by atoms with E-state index in [1.165, 1.54) is 22.3 Å². The molecular weight excluding hydrogens is 232 g/mol. The van der Waals surface area contributed by atoms with E-state index in [9.17, 15) is 0 Å². The maximum atomic E-state index is 4.50. The van der Waals surface area contributed by atoms with Crippen LogP contribution in [0.1, 0.15) is 34.0 Å². The molecule has 2 aromatic rings. The molecule has 1 heterocycles. The molecule has 2 rings (SSSR count). The SMILES string of the molecule is CNC(Cc1ccc(C)cn1)c1ccc(C)cc1C. The predicted molar refractivity (Wildman–Crippen MR) is 80.4 cm³/mol. The largest absolute Gasteiger partial charge is 0.313 e. The summed E-state index contributed by atoms with van der Waals surface area (Å²) in [6.07, 6.45) is 2.85. The average Bonchev–Trinajstić information content (AvgIpc) is 2.39. The van der Waals surface area contributed by atoms with Gasteiger partial charge in [-0.05, 0) is 50.6 Å². The van der Waals surface area contributed by atoms with Gasteiger partial charge in [-0.1, -0.05) is 29.8 Å². The van der Waals surface area contributed by atoms with E-state index in [-0.39, 0.29) is 0 Å². The van der Waals surface area contributed by atoms with Crippen molar-refractivity contribution in [2.75, 3.05) is 7.05 Å². The number of nitrogens with one attached hydrogen (secondary N) is 1. The van der Waals surface area contributed by atoms with Crippen molar-refractivity contribution in [2.24, 2.45) is 0 Å². The van der Waals surface area contributed by atoms with Crippen LogP contribution in [-0.4, -0.2) is 12.0 Å². The molecule has 0 spiro atoms. The predicted octanol–water partition coefficient (Wildman–Crippen LogP) is 3.51. The molecule has 0 radical (unpaired) electrons. The molecule has 0 saturated heterocycles. The molecule has 1 atom stereocenters. The van der Waals surface area contributed by atoms with Crippen molar-refractivity contribution in [3.05, 3.63) is 64.5 Å². The minimum absolute atomic E-state index is 0.316. The lowest BCUT2D eigenvalue weighted by atomic mass is 9.96. The standard InChI is InChI=1S/C17H22N2/c1-12-6-8-16(14(3)9-12)17(18-4)10-15-7-5-13(2)11-19-15/h5-9,11,17-18H,10H2,1-4H3. The first-order chi connectivity index (χ1) is 9.10. The second-order valence-corrected chi connectivity index (χ2v) is 5.23. The summed E-state index contributed by atoms with van der Waals surface area (Å²) in [6, 6.07) is 11.2. The van der Waals surface area contributed by atoms with Gasteiger partial charge in [0.05, 0.1) is 0 Å². The summed E-state index contributed by atoms with van der Waals surface area (Å²) in [4.78, 5) is 4.50. The van der Waals surface area contributed by atoms with E-state index in [4.69, 9.17) is 0 Å². The topological polar surface area (TPSA) is 24.9 Å². The molecule has 19 heavy (non-hydrogen) atoms. The highest BCUT2D eigenvalue weighted by Crippen LogP contribution is 2.21. The molecule has 1 unspecified atom stereocenters. The second kappa shape index (κ2) is 5.98. The van der Waals surface area contributed by atoms with Crippen LogP contribution in [0.25, 0.3) is 0 Å². The smallest absolute Gasteiger partial charge is 0.0422 e. The fourth-order valence-corrected chi connectivity index (χ4v) is 2.41. The van der Waals surface area contributed by atoms with Gasteiger partial charge in [0.25, 0.3) is 0 Å². The second-order valence-electron chi connectivity index (χ2n) is 5.23. The Bertz CT molecular complexity index is 544. The summed E-state index contributed by atoms with van der Waals surface area (Å²) in [7, 11) is 2.01. The highest BCUT2D eigenvalue weighted by Gasteiger charge is 2.13. The van der Waals surface area contributed by atoms with Crippen LogP contribution in [0.3, 0.4) is 0 Å². The first-order valence-electron chi connectivity index (χ1n) is 6.76. The number of likely N-dealkylation sites (N-methyl/N-ethyl adjacent to an activating group) is 1. The van der Waals surface area contributed by atoms with Crippen LogP contribution in [0.5, 0.6) is 0 Å². The van der Waals surface area contributed by atoms with E-state index < -0.39 is 0 Å². The highest BCUT2D eigenvalue weighted by atomic mass is 14.9. The summed E-state index contributed by atoms with van der Waals surface area (Å²) in [5, 5.41) is 3.40. The Morgan fingerprint density at radius 3 is 2.37 bits per heavy atom. The van der Waals surface area contributed by atoms with Gasteiger partial charge in [0.2, 0.25) is 0 Å². The van der Waals surface area contributed by atoms with Crippen LogP contribution in [0, 0.1) is 20.8 Å². The summed E-state index contributed by atoms with van der Waals surface area (Å²) in [5.74, 6) is 0. The number of hydrogen-bond acceptors (Lipinski definition) is 2. The third-order valence-corrected chi connectivity index (χ3v) is 3.54. The molecule has 0 fully saturated rings. The Morgan fingerprint density at radius 1 is 1.05 bits per heavy atom. The molecule has 0 saturated carbocycles. The Hall–Kier alpha value is -1.67. The van der Waals surface area contributed by atoms with Crippen molar-refractivity contribution < 1.29 is 0 Å². The summed E-state index contributed by atoms with van der Waals surface area (Å²) < 4.78 is 0. The third-order valence-electron chi connectivity index (χ3n) is 3.54. The highest BCUT2D eigenvalue weighted by molar-refractivity contribution is 5.33. The summed E-state index contributed by atoms with van der Waals surface area (Å²) >= 11 is 0. The van der Waals surface area contributed by atoms with Crippen LogP contribution in [0.2, 0.25) is 0 Å². The molecule has 0 aliphatic heterocycles. The van der Waals surface area contributed by atoms with Crippen LogP contribution < -0.4 is 5.32 Å². The minimum Gasteiger partial charge on any atom is -0.313 e. The van der Waals surface area contributed by atoms with E-state index in [2.05, 4.69) is 61.4 Å². The van der Waals surface area contributed by atoms with Gasteiger partial charge in [-0.3, -0.25) is 4.98 Å². The van der Waals surface area contributed by atoms with Gasteiger partial charge in [0.15, 0.2) is 0 Å². The number of pyridine rings is 1. The van der Waals surface area contributed by atoms with Gasteiger partial charge in [-0.2, -0.15) is 0 Å². The zero-order chi connectivity index (χ0) is 13.8. The van der Waals surface area contributed by atoms with Gasteiger partial charge in [-0.25, -0.2) is 0 Å². The van der Waals surface area contributed by atoms with Crippen molar-refractivity contribution in [2.45, 2.75) is 33.2 Å². The first-order valence-corrected chi connectivity index (χ1v) is 6.76. The van der Waals surface area contributed by atoms with Crippen molar-refractivity contribution >= 4 is 0 Å². The van der Waals surface area contributed by atoms with Gasteiger partial charge >= 0.3 is 0 Å². The number of nitrogens with zero attached hydrogens (tertiary/aromatic N) is 1. The zero-order valence-electron chi connectivity index (χ0n) is 12.2. The van der Waals surface area contributed by atoms with Gasteiger partial charge < -0.3 is 5.32 Å². The molecule has 1 aromatic carbocycles. The van der Waals surface area contributed by atoms with Crippen molar-refractivity contribution in [3.8, 4) is 0 Å². The zero-order valence-corrected chi connectivity index (χ0v) is 12.2. The van der Waals surface area contributed by atoms with Gasteiger partial charge in [0.1, 0.15) is 0 Å². The van der Waals surface area contributed by atoms with Crippen LogP contribution >= 0.6 is 0 Å². The van der Waals surface area contributed by atoms with Crippen molar-refractivity contribution in [1.29, 1.82) is 0 Å². The number of benzene rings is 1. The molecule has 0 aliphatic carbocycles. The van der Waals surface area contributed by atoms with E-state index in [1.807, 2.05) is 13.2 Å². The lowest BCUT2D eigenvalue weighted by Gasteiger charge is -2.19. The van der Waals surface area contributed by atoms with Crippen LogP contribution in [0.4, 0.5) is 0 Å². The Labute approximate surface area is 115 Å². The Morgan fingerprint density at radius 2 is 1.79 bits per heavy atom. The van der Waals surface area contributed by atoms with Crippen molar-refractivity contribution in [3.63, 3.8) is 0 Å². The van der Waals surface area contributed by atoms with E-state index >= 15 is 0 Å². The fourth-order valence-electron chi connectivity index (χ4n) is 2.41. The number of rotatable bonds is 4. The third kappa shape index (κ3) is 3.42. The maximum Gasteiger partial charge on any atom is 0.0422 e. The molecule has 0 aliphatic rings. The first kappa shape index (κ1) is 13.8. The lowest BCUT2D eigenvalue weighted by molar-refractivity contribution is 0.581. The average molecular weight is 254 g/mol. The van der Waals surface area contributed by atoms with Crippen LogP contribution in [0.15, 0.2) is 36.5 Å². The molecule has 0 bridgehead atoms. The Kier molecular flexibility index (Phi) is 4.33. The normalized spacial score (nSPS) is 12.4. The number of aryl methyl sites for hydroxylation is 3. The fraction of sp³-hybridized carbons (Fsp3) is 0.353. The van der Waals surface area contributed by atoms with Gasteiger partial charge in [0, 0.05) is 24.4 Å². The van der Waals surface area contributed by atoms with E-state index in [0.29, 0.717) is 6.04 Å². The van der Waals surface area contributed by atoms with Crippen LogP contribution in [-0.2, 0) is 6.42 Å².